The first-order valence-electron chi connectivity index (χ1n) is 5.63. The van der Waals surface area contributed by atoms with Crippen LogP contribution in [0.5, 0.6) is 5.75 Å². The van der Waals surface area contributed by atoms with Gasteiger partial charge in [-0.15, -0.1) is 0 Å². The molecule has 2 rings (SSSR count). The summed E-state index contributed by atoms with van der Waals surface area (Å²) in [5.41, 5.74) is 6.65. The summed E-state index contributed by atoms with van der Waals surface area (Å²) in [6, 6.07) is 8.54. The molecule has 0 atom stereocenters. The van der Waals surface area contributed by atoms with Gasteiger partial charge < -0.3 is 16.2 Å². The van der Waals surface area contributed by atoms with Crippen LogP contribution in [-0.2, 0) is 0 Å². The van der Waals surface area contributed by atoms with Crippen LogP contribution >= 0.6 is 0 Å². The van der Waals surface area contributed by atoms with Gasteiger partial charge in [-0.25, -0.2) is 4.39 Å². The van der Waals surface area contributed by atoms with Gasteiger partial charge in [0.2, 0.25) is 0 Å². The maximum Gasteiger partial charge on any atom is 0.258 e. The third-order valence-electron chi connectivity index (χ3n) is 2.70. The lowest BCUT2D eigenvalue weighted by atomic mass is 10.1. The van der Waals surface area contributed by atoms with Crippen LogP contribution in [-0.4, -0.2) is 11.0 Å². The Morgan fingerprint density at radius 1 is 1.26 bits per heavy atom. The Morgan fingerprint density at radius 3 is 2.63 bits per heavy atom. The highest BCUT2D eigenvalue weighted by molar-refractivity contribution is 6.04. The lowest BCUT2D eigenvalue weighted by Crippen LogP contribution is -2.13. The maximum atomic E-state index is 13.6. The molecule has 0 bridgehead atoms. The maximum absolute atomic E-state index is 13.6. The van der Waals surface area contributed by atoms with Gasteiger partial charge in [0.25, 0.3) is 5.91 Å². The number of phenolic OH excluding ortho intramolecular Hbond substituents is 1. The van der Waals surface area contributed by atoms with Crippen LogP contribution in [0.1, 0.15) is 15.9 Å². The fraction of sp³-hybridized carbons (Fsp3) is 0.0714. The summed E-state index contributed by atoms with van der Waals surface area (Å²) in [5, 5.41) is 12.0. The highest BCUT2D eigenvalue weighted by Gasteiger charge is 2.12. The zero-order valence-corrected chi connectivity index (χ0v) is 10.3. The van der Waals surface area contributed by atoms with Gasteiger partial charge in [-0.2, -0.15) is 0 Å². The number of nitrogens with two attached hydrogens (primary N) is 1. The van der Waals surface area contributed by atoms with E-state index in [1.807, 2.05) is 0 Å². The van der Waals surface area contributed by atoms with Gasteiger partial charge in [0, 0.05) is 17.4 Å². The molecule has 0 aliphatic carbocycles. The second kappa shape index (κ2) is 4.97. The molecule has 0 saturated heterocycles. The standard InChI is InChI=1S/C14H13FN2O2/c1-8-2-4-10(7-13(8)18)17-14(19)11-5-3-9(16)6-12(11)15/h2-7,18H,16H2,1H3,(H,17,19). The predicted octanol–water partition coefficient (Wildman–Crippen LogP) is 2.67. The van der Waals surface area contributed by atoms with Gasteiger partial charge in [0.05, 0.1) is 5.56 Å². The zero-order valence-electron chi connectivity index (χ0n) is 10.3. The first-order chi connectivity index (χ1) is 8.97. The van der Waals surface area contributed by atoms with Gasteiger partial charge in [-0.1, -0.05) is 6.07 Å². The number of phenols is 1. The monoisotopic (exact) mass is 260 g/mol. The summed E-state index contributed by atoms with van der Waals surface area (Å²) in [7, 11) is 0. The van der Waals surface area contributed by atoms with Crippen LogP contribution in [0.3, 0.4) is 0 Å². The van der Waals surface area contributed by atoms with Crippen molar-refractivity contribution in [3.63, 3.8) is 0 Å². The van der Waals surface area contributed by atoms with Gasteiger partial charge in [0.15, 0.2) is 0 Å². The number of anilines is 2. The predicted molar refractivity (Wildman–Crippen MR) is 71.6 cm³/mol. The van der Waals surface area contributed by atoms with E-state index in [4.69, 9.17) is 5.73 Å². The van der Waals surface area contributed by atoms with Crippen LogP contribution in [0.15, 0.2) is 36.4 Å². The fourth-order valence-electron chi connectivity index (χ4n) is 1.60. The van der Waals surface area contributed by atoms with Crippen molar-refractivity contribution in [3.05, 3.63) is 53.3 Å². The van der Waals surface area contributed by atoms with Gasteiger partial charge in [-0.05, 0) is 36.8 Å². The zero-order chi connectivity index (χ0) is 14.0. The second-order valence-electron chi connectivity index (χ2n) is 4.19. The number of nitrogens with one attached hydrogen (secondary N) is 1. The molecule has 2 aromatic rings. The van der Waals surface area contributed by atoms with Gasteiger partial charge >= 0.3 is 0 Å². The molecule has 19 heavy (non-hydrogen) atoms. The Balaban J connectivity index is 2.23. The highest BCUT2D eigenvalue weighted by Crippen LogP contribution is 2.22. The quantitative estimate of drug-likeness (QED) is 0.727. The summed E-state index contributed by atoms with van der Waals surface area (Å²) < 4.78 is 13.6. The number of carbonyl (C=O) groups excluding carboxylic acids is 1. The minimum Gasteiger partial charge on any atom is -0.508 e. The smallest absolute Gasteiger partial charge is 0.258 e. The number of carbonyl (C=O) groups is 1. The largest absolute Gasteiger partial charge is 0.508 e. The molecule has 4 nitrogen and oxygen atoms in total. The van der Waals surface area contributed by atoms with E-state index in [-0.39, 0.29) is 17.0 Å². The Kier molecular flexibility index (Phi) is 3.37. The minimum atomic E-state index is -0.686. The van der Waals surface area contributed by atoms with Gasteiger partial charge in [-0.3, -0.25) is 4.79 Å². The molecule has 5 heteroatoms. The number of hydrogen-bond donors (Lipinski definition) is 3. The normalized spacial score (nSPS) is 10.2. The molecule has 0 unspecified atom stereocenters. The average molecular weight is 260 g/mol. The third kappa shape index (κ3) is 2.82. The molecule has 0 spiro atoms. The molecule has 0 saturated carbocycles. The summed E-state index contributed by atoms with van der Waals surface area (Å²) in [6.45, 7) is 1.74. The molecule has 98 valence electrons. The Morgan fingerprint density at radius 2 is 2.00 bits per heavy atom. The molecule has 0 aromatic heterocycles. The van der Waals surface area contributed by atoms with E-state index in [1.165, 1.54) is 18.2 Å². The number of halogens is 1. The van der Waals surface area contributed by atoms with Crippen molar-refractivity contribution in [1.82, 2.24) is 0 Å². The minimum absolute atomic E-state index is 0.0654. The first-order valence-corrected chi connectivity index (χ1v) is 5.63. The number of rotatable bonds is 2. The van der Waals surface area contributed by atoms with E-state index in [9.17, 15) is 14.3 Å². The van der Waals surface area contributed by atoms with Crippen molar-refractivity contribution in [1.29, 1.82) is 0 Å². The van der Waals surface area contributed by atoms with E-state index in [0.717, 1.165) is 6.07 Å². The lowest BCUT2D eigenvalue weighted by Gasteiger charge is -2.08. The van der Waals surface area contributed by atoms with Crippen molar-refractivity contribution >= 4 is 17.3 Å². The Hall–Kier alpha value is -2.56. The van der Waals surface area contributed by atoms with Crippen LogP contribution in [0.2, 0.25) is 0 Å². The van der Waals surface area contributed by atoms with Crippen LogP contribution in [0.25, 0.3) is 0 Å². The first kappa shape index (κ1) is 12.9. The molecule has 0 fully saturated rings. The number of benzene rings is 2. The Labute approximate surface area is 109 Å². The van der Waals surface area contributed by atoms with Crippen molar-refractivity contribution in [2.45, 2.75) is 6.92 Å². The van der Waals surface area contributed by atoms with Crippen LogP contribution in [0, 0.1) is 12.7 Å². The highest BCUT2D eigenvalue weighted by atomic mass is 19.1. The third-order valence-corrected chi connectivity index (χ3v) is 2.70. The lowest BCUT2D eigenvalue weighted by molar-refractivity contribution is 0.102. The molecule has 4 N–H and O–H groups in total. The molecular weight excluding hydrogens is 247 g/mol. The summed E-state index contributed by atoms with van der Waals surface area (Å²) in [4.78, 5) is 11.9. The second-order valence-corrected chi connectivity index (χ2v) is 4.19. The van der Waals surface area contributed by atoms with E-state index in [2.05, 4.69) is 5.32 Å². The topological polar surface area (TPSA) is 75.4 Å². The fourth-order valence-corrected chi connectivity index (χ4v) is 1.60. The van der Waals surface area contributed by atoms with Gasteiger partial charge in [0.1, 0.15) is 11.6 Å². The molecule has 1 amide bonds. The van der Waals surface area contributed by atoms with Crippen molar-refractivity contribution in [3.8, 4) is 5.75 Å². The number of hydrogen-bond acceptors (Lipinski definition) is 3. The summed E-state index contributed by atoms with van der Waals surface area (Å²) >= 11 is 0. The van der Waals surface area contributed by atoms with E-state index in [1.54, 1.807) is 19.1 Å². The number of aryl methyl sites for hydroxylation is 1. The molecule has 0 radical (unpaired) electrons. The average Bonchev–Trinajstić information content (AvgIpc) is 2.33. The SMILES string of the molecule is Cc1ccc(NC(=O)c2ccc(N)cc2F)cc1O. The van der Waals surface area contributed by atoms with Crippen molar-refractivity contribution in [2.24, 2.45) is 0 Å². The number of nitrogen functional groups attached to an aromatic ring is 1. The number of amides is 1. The molecular formula is C14H13FN2O2. The molecule has 0 aliphatic rings. The summed E-state index contributed by atoms with van der Waals surface area (Å²) in [6.07, 6.45) is 0. The Bertz CT molecular complexity index is 641. The van der Waals surface area contributed by atoms with Crippen molar-refractivity contribution < 1.29 is 14.3 Å². The van der Waals surface area contributed by atoms with E-state index >= 15 is 0 Å². The molecule has 0 aliphatic heterocycles. The van der Waals surface area contributed by atoms with Crippen LogP contribution in [0.4, 0.5) is 15.8 Å². The molecule has 0 heterocycles. The van der Waals surface area contributed by atoms with Crippen molar-refractivity contribution in [2.75, 3.05) is 11.1 Å². The van der Waals surface area contributed by atoms with E-state index in [0.29, 0.717) is 11.3 Å². The molecule has 2 aromatic carbocycles. The van der Waals surface area contributed by atoms with E-state index < -0.39 is 11.7 Å². The number of aromatic hydroxyl groups is 1. The van der Waals surface area contributed by atoms with Crippen LogP contribution < -0.4 is 11.1 Å². The summed E-state index contributed by atoms with van der Waals surface area (Å²) in [5.74, 6) is -1.22.